The predicted octanol–water partition coefficient (Wildman–Crippen LogP) is 2.64. The van der Waals surface area contributed by atoms with Crippen molar-refractivity contribution in [3.05, 3.63) is 36.4 Å². The Morgan fingerprint density at radius 3 is 2.33 bits per heavy atom. The van der Waals surface area contributed by atoms with Crippen LogP contribution in [0.15, 0.2) is 36.4 Å². The molecule has 0 atom stereocenters. The third-order valence-electron chi connectivity index (χ3n) is 1.90. The van der Waals surface area contributed by atoms with E-state index in [-0.39, 0.29) is 17.9 Å². The maximum absolute atomic E-state index is 11.9. The van der Waals surface area contributed by atoms with Gasteiger partial charge in [0.05, 0.1) is 0 Å². The number of rotatable bonds is 5. The van der Waals surface area contributed by atoms with Gasteiger partial charge in [-0.05, 0) is 24.3 Å². The van der Waals surface area contributed by atoms with Gasteiger partial charge in [-0.1, -0.05) is 6.58 Å². The minimum absolute atomic E-state index is 0.00515. The molecular formula is C11H10F3NO3. The van der Waals surface area contributed by atoms with Crippen LogP contribution in [0.25, 0.3) is 0 Å². The lowest BCUT2D eigenvalue weighted by Crippen LogP contribution is -2.17. The average molecular weight is 261 g/mol. The molecule has 1 aromatic rings. The Bertz CT molecular complexity index is 440. The number of halogens is 3. The summed E-state index contributed by atoms with van der Waals surface area (Å²) in [5.41, 5.74) is 0.414. The van der Waals surface area contributed by atoms with E-state index in [4.69, 9.17) is 5.11 Å². The summed E-state index contributed by atoms with van der Waals surface area (Å²) in [6.45, 7) is 3.29. The van der Waals surface area contributed by atoms with E-state index < -0.39 is 12.3 Å². The molecule has 0 unspecified atom stereocenters. The second-order valence-electron chi connectivity index (χ2n) is 3.33. The number of aliphatic carboxylic acids is 1. The molecule has 18 heavy (non-hydrogen) atoms. The molecule has 0 saturated heterocycles. The highest BCUT2D eigenvalue weighted by Crippen LogP contribution is 2.23. The summed E-state index contributed by atoms with van der Waals surface area (Å²) in [4.78, 5) is 10.4. The summed E-state index contributed by atoms with van der Waals surface area (Å²) in [6, 6.07) is 4.94. The van der Waals surface area contributed by atoms with Crippen LogP contribution in [0.1, 0.15) is 0 Å². The van der Waals surface area contributed by atoms with Crippen LogP contribution in [0.4, 0.5) is 18.9 Å². The van der Waals surface area contributed by atoms with Gasteiger partial charge in [0.25, 0.3) is 0 Å². The predicted molar refractivity (Wildman–Crippen MR) is 58.4 cm³/mol. The summed E-state index contributed by atoms with van der Waals surface area (Å²) < 4.78 is 39.3. The fourth-order valence-electron chi connectivity index (χ4n) is 1.06. The molecule has 0 aliphatic rings. The first-order valence-electron chi connectivity index (χ1n) is 4.78. The number of nitrogens with one attached hydrogen (secondary N) is 1. The Labute approximate surface area is 101 Å². The van der Waals surface area contributed by atoms with Crippen molar-refractivity contribution >= 4 is 11.7 Å². The van der Waals surface area contributed by atoms with Crippen LogP contribution in [-0.4, -0.2) is 24.0 Å². The summed E-state index contributed by atoms with van der Waals surface area (Å²) >= 11 is 0. The Hall–Kier alpha value is -2.18. The highest BCUT2D eigenvalue weighted by molar-refractivity contribution is 5.86. The molecule has 2 N–H and O–H groups in total. The number of carboxylic acids is 1. The van der Waals surface area contributed by atoms with Gasteiger partial charge in [0, 0.05) is 17.8 Å². The summed E-state index contributed by atoms with van der Waals surface area (Å²) in [7, 11) is 0. The molecule has 1 aromatic carbocycles. The number of carboxylic acid groups (broad SMARTS) is 1. The van der Waals surface area contributed by atoms with Crippen molar-refractivity contribution in [3.63, 3.8) is 0 Å². The van der Waals surface area contributed by atoms with Gasteiger partial charge in [-0.2, -0.15) is 0 Å². The summed E-state index contributed by atoms with van der Waals surface area (Å²) in [5, 5.41) is 11.2. The lowest BCUT2D eigenvalue weighted by Gasteiger charge is -2.10. The third kappa shape index (κ3) is 4.77. The largest absolute Gasteiger partial charge is 0.573 e. The van der Waals surface area contributed by atoms with Crippen molar-refractivity contribution in [1.82, 2.24) is 0 Å². The molecule has 0 aliphatic carbocycles. The number of anilines is 1. The Morgan fingerprint density at radius 1 is 1.33 bits per heavy atom. The Kier molecular flexibility index (Phi) is 4.19. The third-order valence-corrected chi connectivity index (χ3v) is 1.90. The molecular weight excluding hydrogens is 251 g/mol. The quantitative estimate of drug-likeness (QED) is 0.800. The van der Waals surface area contributed by atoms with Gasteiger partial charge in [0.2, 0.25) is 0 Å². The van der Waals surface area contributed by atoms with Gasteiger partial charge in [0.15, 0.2) is 0 Å². The van der Waals surface area contributed by atoms with Crippen molar-refractivity contribution in [2.75, 3.05) is 11.9 Å². The summed E-state index contributed by atoms with van der Waals surface area (Å²) in [5.74, 6) is -1.48. The van der Waals surface area contributed by atoms with Crippen molar-refractivity contribution in [1.29, 1.82) is 0 Å². The maximum atomic E-state index is 11.9. The first-order valence-corrected chi connectivity index (χ1v) is 4.78. The average Bonchev–Trinajstić information content (AvgIpc) is 2.25. The molecule has 1 rings (SSSR count). The monoisotopic (exact) mass is 261 g/mol. The van der Waals surface area contributed by atoms with Crippen molar-refractivity contribution in [2.45, 2.75) is 6.36 Å². The lowest BCUT2D eigenvalue weighted by atomic mass is 10.2. The van der Waals surface area contributed by atoms with E-state index in [9.17, 15) is 18.0 Å². The van der Waals surface area contributed by atoms with E-state index in [0.717, 1.165) is 12.1 Å². The van der Waals surface area contributed by atoms with Gasteiger partial charge in [-0.15, -0.1) is 13.2 Å². The van der Waals surface area contributed by atoms with E-state index in [1.54, 1.807) is 0 Å². The van der Waals surface area contributed by atoms with E-state index in [2.05, 4.69) is 16.6 Å². The standard InChI is InChI=1S/C11H10F3NO3/c1-7(10(16)17)6-15-8-2-4-9(5-3-8)18-11(12,13)14/h2-5,15H,1,6H2,(H,16,17). The van der Waals surface area contributed by atoms with Gasteiger partial charge in [-0.25, -0.2) is 4.79 Å². The van der Waals surface area contributed by atoms with Crippen LogP contribution in [-0.2, 0) is 4.79 Å². The lowest BCUT2D eigenvalue weighted by molar-refractivity contribution is -0.274. The number of alkyl halides is 3. The maximum Gasteiger partial charge on any atom is 0.573 e. The second kappa shape index (κ2) is 5.44. The molecule has 4 nitrogen and oxygen atoms in total. The van der Waals surface area contributed by atoms with Gasteiger partial charge in [0.1, 0.15) is 5.75 Å². The first kappa shape index (κ1) is 13.9. The molecule has 0 heterocycles. The molecule has 0 aliphatic heterocycles. The Balaban J connectivity index is 2.56. The van der Waals surface area contributed by atoms with Crippen LogP contribution in [0, 0.1) is 0 Å². The van der Waals surface area contributed by atoms with Crippen LogP contribution in [0.2, 0.25) is 0 Å². The highest BCUT2D eigenvalue weighted by Gasteiger charge is 2.30. The topological polar surface area (TPSA) is 58.6 Å². The van der Waals surface area contributed by atoms with E-state index in [1.807, 2.05) is 0 Å². The molecule has 0 bridgehead atoms. The van der Waals surface area contributed by atoms with Gasteiger partial charge in [-0.3, -0.25) is 0 Å². The van der Waals surface area contributed by atoms with Gasteiger partial charge < -0.3 is 15.2 Å². The van der Waals surface area contributed by atoms with Crippen molar-refractivity contribution < 1.29 is 27.8 Å². The SMILES string of the molecule is C=C(CNc1ccc(OC(F)(F)F)cc1)C(=O)O. The number of carbonyl (C=O) groups is 1. The van der Waals surface area contributed by atoms with Crippen LogP contribution in [0.3, 0.4) is 0 Å². The normalized spacial score (nSPS) is 10.8. The van der Waals surface area contributed by atoms with E-state index >= 15 is 0 Å². The zero-order chi connectivity index (χ0) is 13.8. The van der Waals surface area contributed by atoms with E-state index in [0.29, 0.717) is 5.69 Å². The van der Waals surface area contributed by atoms with Crippen molar-refractivity contribution in [3.8, 4) is 5.75 Å². The molecule has 0 amide bonds. The summed E-state index contributed by atoms with van der Waals surface area (Å²) in [6.07, 6.45) is -4.73. The molecule has 7 heteroatoms. The Morgan fingerprint density at radius 2 is 1.89 bits per heavy atom. The van der Waals surface area contributed by atoms with Crippen molar-refractivity contribution in [2.24, 2.45) is 0 Å². The van der Waals surface area contributed by atoms with Crippen LogP contribution < -0.4 is 10.1 Å². The van der Waals surface area contributed by atoms with E-state index in [1.165, 1.54) is 12.1 Å². The molecule has 0 aromatic heterocycles. The molecule has 98 valence electrons. The number of hydrogen-bond donors (Lipinski definition) is 2. The fraction of sp³-hybridized carbons (Fsp3) is 0.182. The molecule has 0 spiro atoms. The molecule has 0 saturated carbocycles. The molecule has 0 fully saturated rings. The second-order valence-corrected chi connectivity index (χ2v) is 3.33. The number of ether oxygens (including phenoxy) is 1. The number of benzene rings is 1. The minimum atomic E-state index is -4.73. The van der Waals surface area contributed by atoms with Crippen LogP contribution in [0.5, 0.6) is 5.75 Å². The molecule has 0 radical (unpaired) electrons. The number of hydrogen-bond acceptors (Lipinski definition) is 3. The van der Waals surface area contributed by atoms with Gasteiger partial charge >= 0.3 is 12.3 Å². The minimum Gasteiger partial charge on any atom is -0.478 e. The first-order chi connectivity index (χ1) is 8.28. The zero-order valence-electron chi connectivity index (χ0n) is 9.12. The smallest absolute Gasteiger partial charge is 0.478 e. The van der Waals surface area contributed by atoms with Crippen LogP contribution >= 0.6 is 0 Å². The fourth-order valence-corrected chi connectivity index (χ4v) is 1.06. The highest BCUT2D eigenvalue weighted by atomic mass is 19.4. The zero-order valence-corrected chi connectivity index (χ0v) is 9.12.